The summed E-state index contributed by atoms with van der Waals surface area (Å²) in [5.41, 5.74) is 0.629. The summed E-state index contributed by atoms with van der Waals surface area (Å²) in [4.78, 5) is 11.5. The Kier molecular flexibility index (Phi) is 2.76. The molecule has 1 aromatic heterocycles. The van der Waals surface area contributed by atoms with Gasteiger partial charge in [-0.3, -0.25) is 0 Å². The second kappa shape index (κ2) is 4.22. The minimum atomic E-state index is -0.491. The van der Waals surface area contributed by atoms with Gasteiger partial charge in [0.05, 0.1) is 19.1 Å². The average Bonchev–Trinajstić information content (AvgIpc) is 2.72. The number of carbonyl (C=O) groups excluding carboxylic acids is 1. The lowest BCUT2D eigenvalue weighted by Crippen LogP contribution is -2.05. The van der Waals surface area contributed by atoms with Gasteiger partial charge in [-0.25, -0.2) is 4.79 Å². The van der Waals surface area contributed by atoms with Crippen LogP contribution in [0.4, 0.5) is 0 Å². The zero-order valence-corrected chi connectivity index (χ0v) is 9.02. The van der Waals surface area contributed by atoms with Gasteiger partial charge in [0.15, 0.2) is 11.4 Å². The first kappa shape index (κ1) is 10.5. The minimum absolute atomic E-state index is 0.177. The topological polar surface area (TPSA) is 61.6 Å². The molecule has 2 aromatic rings. The SMILES string of the molecule is CCOC(=O)c1noc2c(OC)cccc12. The van der Waals surface area contributed by atoms with E-state index in [1.807, 2.05) is 0 Å². The van der Waals surface area contributed by atoms with Crippen LogP contribution in [-0.4, -0.2) is 24.8 Å². The number of hydrogen-bond acceptors (Lipinski definition) is 5. The molecule has 1 heterocycles. The lowest BCUT2D eigenvalue weighted by Gasteiger charge is -1.99. The summed E-state index contributed by atoms with van der Waals surface area (Å²) in [6.07, 6.45) is 0. The summed E-state index contributed by atoms with van der Waals surface area (Å²) < 4.78 is 15.0. The van der Waals surface area contributed by atoms with Gasteiger partial charge in [-0.1, -0.05) is 11.2 Å². The number of esters is 1. The zero-order valence-electron chi connectivity index (χ0n) is 9.02. The number of benzene rings is 1. The smallest absolute Gasteiger partial charge is 0.361 e. The van der Waals surface area contributed by atoms with Crippen molar-refractivity contribution in [3.8, 4) is 5.75 Å². The molecule has 5 heteroatoms. The molecule has 0 amide bonds. The Morgan fingerprint density at radius 2 is 2.31 bits per heavy atom. The first-order valence-electron chi connectivity index (χ1n) is 4.87. The predicted molar refractivity (Wildman–Crippen MR) is 56.5 cm³/mol. The van der Waals surface area contributed by atoms with Crippen LogP contribution in [0.5, 0.6) is 5.75 Å². The quantitative estimate of drug-likeness (QED) is 0.742. The first-order chi connectivity index (χ1) is 7.77. The van der Waals surface area contributed by atoms with Crippen LogP contribution in [0.15, 0.2) is 22.7 Å². The molecule has 0 aliphatic rings. The van der Waals surface area contributed by atoms with E-state index in [1.54, 1.807) is 25.1 Å². The molecule has 84 valence electrons. The Hall–Kier alpha value is -2.04. The molecule has 5 nitrogen and oxygen atoms in total. The van der Waals surface area contributed by atoms with Crippen LogP contribution >= 0.6 is 0 Å². The van der Waals surface area contributed by atoms with Crippen LogP contribution in [0.3, 0.4) is 0 Å². The van der Waals surface area contributed by atoms with Gasteiger partial charge in [-0.2, -0.15) is 0 Å². The van der Waals surface area contributed by atoms with Gasteiger partial charge in [0, 0.05) is 0 Å². The van der Waals surface area contributed by atoms with E-state index in [2.05, 4.69) is 5.16 Å². The molecular weight excluding hydrogens is 210 g/mol. The summed E-state index contributed by atoms with van der Waals surface area (Å²) >= 11 is 0. The standard InChI is InChI=1S/C11H11NO4/c1-3-15-11(13)9-7-5-4-6-8(14-2)10(7)16-12-9/h4-6H,3H2,1-2H3. The highest BCUT2D eigenvalue weighted by molar-refractivity contribution is 6.02. The monoisotopic (exact) mass is 221 g/mol. The van der Waals surface area contributed by atoms with Crippen molar-refractivity contribution in [2.45, 2.75) is 6.92 Å². The molecule has 0 aliphatic heterocycles. The fraction of sp³-hybridized carbons (Fsp3) is 0.273. The molecule has 0 bridgehead atoms. The van der Waals surface area contributed by atoms with Gasteiger partial charge in [-0.15, -0.1) is 0 Å². The van der Waals surface area contributed by atoms with Crippen molar-refractivity contribution in [3.05, 3.63) is 23.9 Å². The normalized spacial score (nSPS) is 10.4. The number of aromatic nitrogens is 1. The molecular formula is C11H11NO4. The van der Waals surface area contributed by atoms with Gasteiger partial charge in [0.2, 0.25) is 5.58 Å². The van der Waals surface area contributed by atoms with E-state index in [4.69, 9.17) is 14.0 Å². The Morgan fingerprint density at radius 1 is 1.50 bits per heavy atom. The highest BCUT2D eigenvalue weighted by atomic mass is 16.5. The van der Waals surface area contributed by atoms with Gasteiger partial charge in [0.1, 0.15) is 0 Å². The first-order valence-corrected chi connectivity index (χ1v) is 4.87. The van der Waals surface area contributed by atoms with E-state index < -0.39 is 5.97 Å². The fourth-order valence-electron chi connectivity index (χ4n) is 1.44. The van der Waals surface area contributed by atoms with Crippen molar-refractivity contribution in [3.63, 3.8) is 0 Å². The van der Waals surface area contributed by atoms with Gasteiger partial charge in [0.25, 0.3) is 0 Å². The zero-order chi connectivity index (χ0) is 11.5. The molecule has 0 unspecified atom stereocenters. The second-order valence-corrected chi connectivity index (χ2v) is 3.09. The van der Waals surface area contributed by atoms with Crippen molar-refractivity contribution in [1.29, 1.82) is 0 Å². The molecule has 2 rings (SSSR count). The minimum Gasteiger partial charge on any atom is -0.493 e. The van der Waals surface area contributed by atoms with Crippen molar-refractivity contribution in [2.75, 3.05) is 13.7 Å². The molecule has 0 atom stereocenters. The Labute approximate surface area is 91.9 Å². The number of para-hydroxylation sites is 1. The van der Waals surface area contributed by atoms with E-state index in [-0.39, 0.29) is 5.69 Å². The number of hydrogen-bond donors (Lipinski definition) is 0. The molecule has 16 heavy (non-hydrogen) atoms. The van der Waals surface area contributed by atoms with Gasteiger partial charge in [-0.05, 0) is 19.1 Å². The summed E-state index contributed by atoms with van der Waals surface area (Å²) in [6, 6.07) is 5.24. The molecule has 0 saturated carbocycles. The number of carbonyl (C=O) groups is 1. The third kappa shape index (κ3) is 1.60. The Morgan fingerprint density at radius 3 is 3.00 bits per heavy atom. The van der Waals surface area contributed by atoms with Crippen molar-refractivity contribution in [2.24, 2.45) is 0 Å². The highest BCUT2D eigenvalue weighted by Gasteiger charge is 2.19. The van der Waals surface area contributed by atoms with Gasteiger partial charge >= 0.3 is 5.97 Å². The molecule has 0 spiro atoms. The summed E-state index contributed by atoms with van der Waals surface area (Å²) in [7, 11) is 1.53. The summed E-state index contributed by atoms with van der Waals surface area (Å²) in [5.74, 6) is 0.0510. The molecule has 0 radical (unpaired) electrons. The molecule has 0 aliphatic carbocycles. The predicted octanol–water partition coefficient (Wildman–Crippen LogP) is 2.01. The third-order valence-electron chi connectivity index (χ3n) is 2.15. The van der Waals surface area contributed by atoms with E-state index >= 15 is 0 Å². The maximum absolute atomic E-state index is 11.5. The van der Waals surface area contributed by atoms with Crippen LogP contribution in [-0.2, 0) is 4.74 Å². The maximum Gasteiger partial charge on any atom is 0.361 e. The Bertz CT molecular complexity index is 518. The van der Waals surface area contributed by atoms with Crippen LogP contribution in [0, 0.1) is 0 Å². The number of rotatable bonds is 3. The maximum atomic E-state index is 11.5. The van der Waals surface area contributed by atoms with Crippen LogP contribution in [0.2, 0.25) is 0 Å². The lowest BCUT2D eigenvalue weighted by molar-refractivity contribution is 0.0517. The highest BCUT2D eigenvalue weighted by Crippen LogP contribution is 2.27. The van der Waals surface area contributed by atoms with Gasteiger partial charge < -0.3 is 14.0 Å². The number of nitrogens with zero attached hydrogens (tertiary/aromatic N) is 1. The fourth-order valence-corrected chi connectivity index (χ4v) is 1.44. The third-order valence-corrected chi connectivity index (χ3v) is 2.15. The van der Waals surface area contributed by atoms with E-state index in [9.17, 15) is 4.79 Å². The van der Waals surface area contributed by atoms with Crippen LogP contribution in [0.25, 0.3) is 11.0 Å². The summed E-state index contributed by atoms with van der Waals surface area (Å²) in [6.45, 7) is 2.04. The molecule has 1 aromatic carbocycles. The Balaban J connectivity index is 2.53. The number of methoxy groups -OCH3 is 1. The lowest BCUT2D eigenvalue weighted by atomic mass is 10.2. The number of fused-ring (bicyclic) bond motifs is 1. The molecule has 0 saturated heterocycles. The largest absolute Gasteiger partial charge is 0.493 e. The molecule has 0 N–H and O–H groups in total. The van der Waals surface area contributed by atoms with Crippen molar-refractivity contribution < 1.29 is 18.8 Å². The van der Waals surface area contributed by atoms with E-state index in [0.29, 0.717) is 23.3 Å². The van der Waals surface area contributed by atoms with E-state index in [1.165, 1.54) is 7.11 Å². The van der Waals surface area contributed by atoms with Crippen molar-refractivity contribution in [1.82, 2.24) is 5.16 Å². The van der Waals surface area contributed by atoms with Crippen LogP contribution < -0.4 is 4.74 Å². The van der Waals surface area contributed by atoms with E-state index in [0.717, 1.165) is 0 Å². The van der Waals surface area contributed by atoms with Crippen LogP contribution in [0.1, 0.15) is 17.4 Å². The average molecular weight is 221 g/mol. The number of ether oxygens (including phenoxy) is 2. The molecule has 0 fully saturated rings. The summed E-state index contributed by atoms with van der Waals surface area (Å²) in [5, 5.41) is 4.29. The van der Waals surface area contributed by atoms with Crippen molar-refractivity contribution >= 4 is 16.9 Å². The second-order valence-electron chi connectivity index (χ2n) is 3.09.